The number of nitrogens with zero attached hydrogens (tertiary/aromatic N) is 1. The first-order valence-corrected chi connectivity index (χ1v) is 7.60. The van der Waals surface area contributed by atoms with E-state index in [0.717, 1.165) is 12.5 Å². The molecular formula is C15H23BrN2. The van der Waals surface area contributed by atoms with Gasteiger partial charge in [-0.15, -0.1) is 0 Å². The van der Waals surface area contributed by atoms with E-state index in [1.54, 1.807) is 0 Å². The summed E-state index contributed by atoms with van der Waals surface area (Å²) in [6, 6.07) is 7.39. The van der Waals surface area contributed by atoms with E-state index in [1.165, 1.54) is 35.1 Å². The average molecular weight is 311 g/mol. The fraction of sp³-hybridized carbons (Fsp3) is 0.600. The van der Waals surface area contributed by atoms with Crippen molar-refractivity contribution in [2.24, 2.45) is 5.92 Å². The minimum Gasteiger partial charge on any atom is -0.369 e. The monoisotopic (exact) mass is 310 g/mol. The summed E-state index contributed by atoms with van der Waals surface area (Å²) in [5.41, 5.74) is 2.67. The highest BCUT2D eigenvalue weighted by molar-refractivity contribution is 9.10. The van der Waals surface area contributed by atoms with Crippen LogP contribution in [0.1, 0.15) is 32.3 Å². The van der Waals surface area contributed by atoms with Gasteiger partial charge in [-0.25, -0.2) is 0 Å². The van der Waals surface area contributed by atoms with Gasteiger partial charge in [-0.05, 0) is 50.4 Å². The van der Waals surface area contributed by atoms with Gasteiger partial charge >= 0.3 is 0 Å². The van der Waals surface area contributed by atoms with E-state index in [1.807, 2.05) is 7.05 Å². The van der Waals surface area contributed by atoms with Crippen LogP contribution in [0.15, 0.2) is 22.7 Å². The molecule has 1 aromatic carbocycles. The van der Waals surface area contributed by atoms with E-state index in [-0.39, 0.29) is 0 Å². The molecule has 1 aromatic rings. The third kappa shape index (κ3) is 3.07. The number of hydrogen-bond donors (Lipinski definition) is 1. The summed E-state index contributed by atoms with van der Waals surface area (Å²) in [5.74, 6) is 0.864. The molecule has 1 saturated heterocycles. The van der Waals surface area contributed by atoms with Crippen LogP contribution in [-0.4, -0.2) is 19.6 Å². The smallest absolute Gasteiger partial charge is 0.0380 e. The molecule has 0 spiro atoms. The highest BCUT2D eigenvalue weighted by Crippen LogP contribution is 2.30. The Bertz CT molecular complexity index is 405. The van der Waals surface area contributed by atoms with E-state index >= 15 is 0 Å². The summed E-state index contributed by atoms with van der Waals surface area (Å²) in [7, 11) is 1.98. The van der Waals surface area contributed by atoms with Gasteiger partial charge in [-0.2, -0.15) is 0 Å². The van der Waals surface area contributed by atoms with Crippen LogP contribution in [0.25, 0.3) is 0 Å². The van der Waals surface area contributed by atoms with E-state index in [2.05, 4.69) is 58.2 Å². The Hall–Kier alpha value is -0.540. The summed E-state index contributed by atoms with van der Waals surface area (Å²) >= 11 is 3.68. The molecule has 1 aliphatic rings. The van der Waals surface area contributed by atoms with Crippen LogP contribution in [0.4, 0.5) is 5.69 Å². The van der Waals surface area contributed by atoms with Gasteiger partial charge in [0.15, 0.2) is 0 Å². The van der Waals surface area contributed by atoms with Crippen molar-refractivity contribution in [3.05, 3.63) is 28.2 Å². The minimum atomic E-state index is 0.649. The van der Waals surface area contributed by atoms with Gasteiger partial charge in [-0.3, -0.25) is 0 Å². The lowest BCUT2D eigenvalue weighted by Crippen LogP contribution is -2.40. The fourth-order valence-electron chi connectivity index (χ4n) is 2.84. The maximum Gasteiger partial charge on any atom is 0.0380 e. The van der Waals surface area contributed by atoms with Crippen molar-refractivity contribution in [1.82, 2.24) is 5.32 Å². The number of nitrogens with one attached hydrogen (secondary N) is 1. The van der Waals surface area contributed by atoms with Crippen LogP contribution in [0.2, 0.25) is 0 Å². The Morgan fingerprint density at radius 1 is 1.39 bits per heavy atom. The number of piperidine rings is 1. The molecule has 1 N–H and O–H groups in total. The molecular weight excluding hydrogens is 288 g/mol. The first-order valence-electron chi connectivity index (χ1n) is 6.81. The molecule has 1 aliphatic heterocycles. The van der Waals surface area contributed by atoms with Gasteiger partial charge in [0.2, 0.25) is 0 Å². The molecule has 2 rings (SSSR count). The van der Waals surface area contributed by atoms with Gasteiger partial charge in [0.1, 0.15) is 0 Å². The molecule has 0 saturated carbocycles. The zero-order chi connectivity index (χ0) is 13.1. The Morgan fingerprint density at radius 2 is 2.17 bits per heavy atom. The molecule has 100 valence electrons. The van der Waals surface area contributed by atoms with Gasteiger partial charge in [0, 0.05) is 29.3 Å². The Labute approximate surface area is 119 Å². The van der Waals surface area contributed by atoms with E-state index in [0.29, 0.717) is 6.04 Å². The van der Waals surface area contributed by atoms with Crippen molar-refractivity contribution in [3.8, 4) is 0 Å². The Morgan fingerprint density at radius 3 is 2.78 bits per heavy atom. The largest absolute Gasteiger partial charge is 0.369 e. The van der Waals surface area contributed by atoms with Crippen molar-refractivity contribution in [3.63, 3.8) is 0 Å². The molecule has 2 unspecified atom stereocenters. The average Bonchev–Trinajstić information content (AvgIpc) is 2.32. The molecule has 0 bridgehead atoms. The SMILES string of the molecule is CNCc1ccc(N2CCC(C)CC2C)cc1Br. The second kappa shape index (κ2) is 6.07. The molecule has 2 nitrogen and oxygen atoms in total. The first-order chi connectivity index (χ1) is 8.61. The number of rotatable bonds is 3. The van der Waals surface area contributed by atoms with Crippen LogP contribution in [0.3, 0.4) is 0 Å². The molecule has 0 aliphatic carbocycles. The topological polar surface area (TPSA) is 15.3 Å². The highest BCUT2D eigenvalue weighted by atomic mass is 79.9. The van der Waals surface area contributed by atoms with Crippen molar-refractivity contribution >= 4 is 21.6 Å². The van der Waals surface area contributed by atoms with Crippen LogP contribution in [0, 0.1) is 5.92 Å². The summed E-state index contributed by atoms with van der Waals surface area (Å²) in [6.07, 6.45) is 2.61. The Kier molecular flexibility index (Phi) is 4.68. The van der Waals surface area contributed by atoms with Crippen molar-refractivity contribution < 1.29 is 0 Å². The second-order valence-electron chi connectivity index (χ2n) is 5.48. The standard InChI is InChI=1S/C15H23BrN2/c1-11-6-7-18(12(2)8-11)14-5-4-13(10-17-3)15(16)9-14/h4-5,9,11-12,17H,6-8,10H2,1-3H3. The maximum atomic E-state index is 3.68. The van der Waals surface area contributed by atoms with Crippen LogP contribution >= 0.6 is 15.9 Å². The minimum absolute atomic E-state index is 0.649. The van der Waals surface area contributed by atoms with Crippen molar-refractivity contribution in [2.75, 3.05) is 18.5 Å². The van der Waals surface area contributed by atoms with Gasteiger partial charge < -0.3 is 10.2 Å². The highest BCUT2D eigenvalue weighted by Gasteiger charge is 2.23. The van der Waals surface area contributed by atoms with Gasteiger partial charge in [0.05, 0.1) is 0 Å². The third-order valence-electron chi connectivity index (χ3n) is 3.87. The predicted octanol–water partition coefficient (Wildman–Crippen LogP) is 3.79. The molecule has 0 amide bonds. The van der Waals surface area contributed by atoms with Gasteiger partial charge in [0.25, 0.3) is 0 Å². The molecule has 1 heterocycles. The lowest BCUT2D eigenvalue weighted by molar-refractivity contribution is 0.378. The lowest BCUT2D eigenvalue weighted by atomic mass is 9.93. The first kappa shape index (κ1) is 13.9. The van der Waals surface area contributed by atoms with E-state index in [9.17, 15) is 0 Å². The summed E-state index contributed by atoms with van der Waals surface area (Å²) in [6.45, 7) is 6.79. The normalized spacial score (nSPS) is 24.3. The van der Waals surface area contributed by atoms with Crippen molar-refractivity contribution in [1.29, 1.82) is 0 Å². The number of benzene rings is 1. The Balaban J connectivity index is 2.16. The molecule has 18 heavy (non-hydrogen) atoms. The van der Waals surface area contributed by atoms with Gasteiger partial charge in [-0.1, -0.05) is 28.9 Å². The predicted molar refractivity (Wildman–Crippen MR) is 82.1 cm³/mol. The number of halogens is 1. The van der Waals surface area contributed by atoms with Crippen LogP contribution in [-0.2, 0) is 6.54 Å². The summed E-state index contributed by atoms with van der Waals surface area (Å²) in [4.78, 5) is 2.54. The molecule has 0 aromatic heterocycles. The second-order valence-corrected chi connectivity index (χ2v) is 6.33. The summed E-state index contributed by atoms with van der Waals surface area (Å²) in [5, 5.41) is 3.19. The molecule has 3 heteroatoms. The van der Waals surface area contributed by atoms with Crippen LogP contribution in [0.5, 0.6) is 0 Å². The van der Waals surface area contributed by atoms with Crippen molar-refractivity contribution in [2.45, 2.75) is 39.3 Å². The molecule has 1 fully saturated rings. The summed E-state index contributed by atoms with van der Waals surface area (Å²) < 4.78 is 1.21. The number of hydrogen-bond acceptors (Lipinski definition) is 2. The molecule has 2 atom stereocenters. The van der Waals surface area contributed by atoms with E-state index < -0.39 is 0 Å². The zero-order valence-corrected chi connectivity index (χ0v) is 13.1. The zero-order valence-electron chi connectivity index (χ0n) is 11.5. The lowest BCUT2D eigenvalue weighted by Gasteiger charge is -2.38. The quantitative estimate of drug-likeness (QED) is 0.913. The molecule has 0 radical (unpaired) electrons. The van der Waals surface area contributed by atoms with Crippen LogP contribution < -0.4 is 10.2 Å². The third-order valence-corrected chi connectivity index (χ3v) is 4.61. The fourth-order valence-corrected chi connectivity index (χ4v) is 3.35. The van der Waals surface area contributed by atoms with E-state index in [4.69, 9.17) is 0 Å². The number of anilines is 1. The maximum absolute atomic E-state index is 3.68.